The molecule has 30 heavy (non-hydrogen) atoms. The predicted octanol–water partition coefficient (Wildman–Crippen LogP) is 3.29. The van der Waals surface area contributed by atoms with Crippen LogP contribution in [0.25, 0.3) is 0 Å². The molecule has 1 aliphatic heterocycles. The molecule has 0 spiro atoms. The minimum absolute atomic E-state index is 0.0855. The quantitative estimate of drug-likeness (QED) is 0.377. The van der Waals surface area contributed by atoms with Gasteiger partial charge in [0.1, 0.15) is 5.60 Å². The van der Waals surface area contributed by atoms with Crippen LogP contribution >= 0.6 is 11.8 Å². The number of methoxy groups -OCH3 is 1. The first-order valence-electron chi connectivity index (χ1n) is 11.4. The third-order valence-corrected chi connectivity index (χ3v) is 8.85. The molecular weight excluding hydrogens is 398 g/mol. The lowest BCUT2D eigenvalue weighted by Gasteiger charge is -2.48. The summed E-state index contributed by atoms with van der Waals surface area (Å²) < 4.78 is 12.1. The number of aliphatic hydroxyl groups excluding tert-OH is 1. The van der Waals surface area contributed by atoms with Crippen LogP contribution in [0.1, 0.15) is 52.9 Å². The van der Waals surface area contributed by atoms with E-state index in [0.29, 0.717) is 24.0 Å². The second-order valence-corrected chi connectivity index (χ2v) is 11.0. The van der Waals surface area contributed by atoms with Gasteiger partial charge in [-0.25, -0.2) is 0 Å². The molecule has 0 amide bonds. The van der Waals surface area contributed by atoms with Crippen molar-refractivity contribution in [3.8, 4) is 0 Å². The zero-order valence-electron chi connectivity index (χ0n) is 19.0. The van der Waals surface area contributed by atoms with Crippen molar-refractivity contribution < 1.29 is 19.7 Å². The molecule has 2 fully saturated rings. The van der Waals surface area contributed by atoms with Crippen molar-refractivity contribution in [2.24, 2.45) is 23.5 Å². The maximum atomic E-state index is 11.9. The molecule has 1 saturated carbocycles. The SMILES string of the molecule is COC1C(N)CCC(O)(CSCC2CC=CCC2CO)C1C1(C)OC1CC=C(C)C. The van der Waals surface area contributed by atoms with Gasteiger partial charge in [0, 0.05) is 31.4 Å². The molecule has 0 bridgehead atoms. The Labute approximate surface area is 186 Å². The van der Waals surface area contributed by atoms with E-state index in [4.69, 9.17) is 15.2 Å². The Morgan fingerprint density at radius 1 is 1.30 bits per heavy atom. The van der Waals surface area contributed by atoms with E-state index in [1.165, 1.54) is 5.57 Å². The van der Waals surface area contributed by atoms with E-state index in [2.05, 4.69) is 39.0 Å². The number of hydrogen-bond acceptors (Lipinski definition) is 6. The largest absolute Gasteiger partial charge is 0.396 e. The van der Waals surface area contributed by atoms with Crippen molar-refractivity contribution in [3.05, 3.63) is 23.8 Å². The Kier molecular flexibility index (Phi) is 8.13. The van der Waals surface area contributed by atoms with E-state index < -0.39 is 11.2 Å². The first-order chi connectivity index (χ1) is 14.2. The molecule has 0 aromatic carbocycles. The number of aliphatic hydroxyl groups is 2. The van der Waals surface area contributed by atoms with E-state index in [9.17, 15) is 10.2 Å². The summed E-state index contributed by atoms with van der Waals surface area (Å²) in [5.41, 5.74) is 6.43. The zero-order chi connectivity index (χ0) is 21.9. The number of epoxide rings is 1. The Hall–Kier alpha value is -0.370. The van der Waals surface area contributed by atoms with Crippen molar-refractivity contribution in [1.82, 2.24) is 0 Å². The monoisotopic (exact) mass is 439 g/mol. The third kappa shape index (κ3) is 5.16. The molecule has 5 nitrogen and oxygen atoms in total. The highest BCUT2D eigenvalue weighted by Gasteiger charge is 2.66. The number of thioether (sulfide) groups is 1. The van der Waals surface area contributed by atoms with Gasteiger partial charge in [-0.3, -0.25) is 0 Å². The van der Waals surface area contributed by atoms with Crippen molar-refractivity contribution in [2.45, 2.75) is 82.3 Å². The fourth-order valence-corrected chi connectivity index (χ4v) is 7.04. The van der Waals surface area contributed by atoms with Crippen LogP contribution < -0.4 is 5.73 Å². The molecule has 0 aromatic heterocycles. The summed E-state index contributed by atoms with van der Waals surface area (Å²) in [5.74, 6) is 2.25. The Balaban J connectivity index is 1.70. The minimum atomic E-state index is -0.866. The van der Waals surface area contributed by atoms with Gasteiger partial charge >= 0.3 is 0 Å². The summed E-state index contributed by atoms with van der Waals surface area (Å²) in [6.45, 7) is 6.55. The van der Waals surface area contributed by atoms with E-state index >= 15 is 0 Å². The van der Waals surface area contributed by atoms with Gasteiger partial charge in [-0.15, -0.1) is 0 Å². The number of rotatable bonds is 9. The molecule has 6 heteroatoms. The average Bonchev–Trinajstić information content (AvgIpc) is 3.39. The highest BCUT2D eigenvalue weighted by Crippen LogP contribution is 2.54. The van der Waals surface area contributed by atoms with Gasteiger partial charge in [0.05, 0.1) is 17.8 Å². The molecule has 1 heterocycles. The van der Waals surface area contributed by atoms with Crippen LogP contribution in [0.2, 0.25) is 0 Å². The summed E-state index contributed by atoms with van der Waals surface area (Å²) in [6.07, 6.45) is 10.7. The lowest BCUT2D eigenvalue weighted by molar-refractivity contribution is -0.134. The molecular formula is C24H41NO4S. The highest BCUT2D eigenvalue weighted by molar-refractivity contribution is 7.99. The predicted molar refractivity (Wildman–Crippen MR) is 124 cm³/mol. The lowest BCUT2D eigenvalue weighted by Crippen LogP contribution is -2.62. The van der Waals surface area contributed by atoms with Gasteiger partial charge in [-0.1, -0.05) is 23.8 Å². The molecule has 8 atom stereocenters. The lowest BCUT2D eigenvalue weighted by atomic mass is 9.66. The van der Waals surface area contributed by atoms with E-state index in [0.717, 1.165) is 31.4 Å². The molecule has 4 N–H and O–H groups in total. The Morgan fingerprint density at radius 2 is 2.00 bits per heavy atom. The topological polar surface area (TPSA) is 88.2 Å². The van der Waals surface area contributed by atoms with E-state index in [1.54, 1.807) is 18.9 Å². The molecule has 2 aliphatic carbocycles. The van der Waals surface area contributed by atoms with Gasteiger partial charge in [-0.05, 0) is 70.5 Å². The highest BCUT2D eigenvalue weighted by atomic mass is 32.2. The normalized spacial score (nSPS) is 43.4. The van der Waals surface area contributed by atoms with E-state index in [1.807, 2.05) is 0 Å². The Morgan fingerprint density at radius 3 is 2.63 bits per heavy atom. The van der Waals surface area contributed by atoms with Gasteiger partial charge in [0.25, 0.3) is 0 Å². The molecule has 0 radical (unpaired) electrons. The Bertz CT molecular complexity index is 637. The molecule has 3 aliphatic rings. The fourth-order valence-electron chi connectivity index (χ4n) is 5.53. The van der Waals surface area contributed by atoms with Gasteiger partial charge in [-0.2, -0.15) is 11.8 Å². The summed E-state index contributed by atoms with van der Waals surface area (Å²) in [7, 11) is 1.70. The number of ether oxygens (including phenoxy) is 2. The van der Waals surface area contributed by atoms with Crippen LogP contribution in [-0.2, 0) is 9.47 Å². The van der Waals surface area contributed by atoms with Crippen LogP contribution in [-0.4, -0.2) is 64.9 Å². The van der Waals surface area contributed by atoms with E-state index in [-0.39, 0.29) is 30.8 Å². The molecule has 0 aromatic rings. The smallest absolute Gasteiger partial charge is 0.100 e. The summed E-state index contributed by atoms with van der Waals surface area (Å²) >= 11 is 1.81. The van der Waals surface area contributed by atoms with Gasteiger partial charge in [0.15, 0.2) is 0 Å². The average molecular weight is 440 g/mol. The van der Waals surface area contributed by atoms with Gasteiger partial charge in [0.2, 0.25) is 0 Å². The summed E-state index contributed by atoms with van der Waals surface area (Å²) in [4.78, 5) is 0. The first-order valence-corrected chi connectivity index (χ1v) is 12.6. The van der Waals surface area contributed by atoms with Crippen LogP contribution in [0.3, 0.4) is 0 Å². The van der Waals surface area contributed by atoms with Crippen LogP contribution in [0.4, 0.5) is 0 Å². The molecule has 172 valence electrons. The first kappa shape index (κ1) is 24.3. The minimum Gasteiger partial charge on any atom is -0.396 e. The third-order valence-electron chi connectivity index (χ3n) is 7.48. The standard InChI is InChI=1S/C24H41NO4S/c1-16(2)9-10-20-23(3,29-20)22-21(28-4)19(25)11-12-24(22,27)15-30-14-18-8-6-5-7-17(18)13-26/h5-6,9,17-22,26-27H,7-8,10-15,25H2,1-4H3. The molecule has 8 unspecified atom stereocenters. The van der Waals surface area contributed by atoms with Crippen molar-refractivity contribution in [1.29, 1.82) is 0 Å². The molecule has 1 saturated heterocycles. The second kappa shape index (κ2) is 10.1. The summed E-state index contributed by atoms with van der Waals surface area (Å²) in [5, 5.41) is 21.5. The van der Waals surface area contributed by atoms with Crippen molar-refractivity contribution >= 4 is 11.8 Å². The maximum absolute atomic E-state index is 11.9. The fraction of sp³-hybridized carbons (Fsp3) is 0.833. The zero-order valence-corrected chi connectivity index (χ0v) is 19.9. The maximum Gasteiger partial charge on any atom is 0.100 e. The molecule has 3 rings (SSSR count). The second-order valence-electron chi connectivity index (χ2n) is 9.95. The van der Waals surface area contributed by atoms with Crippen LogP contribution in [0.15, 0.2) is 23.8 Å². The number of nitrogens with two attached hydrogens (primary N) is 1. The van der Waals surface area contributed by atoms with Crippen LogP contribution in [0.5, 0.6) is 0 Å². The van der Waals surface area contributed by atoms with Crippen LogP contribution in [0, 0.1) is 17.8 Å². The number of allylic oxidation sites excluding steroid dienone is 3. The van der Waals surface area contributed by atoms with Gasteiger partial charge < -0.3 is 25.4 Å². The van der Waals surface area contributed by atoms with Crippen molar-refractivity contribution in [2.75, 3.05) is 25.2 Å². The summed E-state index contributed by atoms with van der Waals surface area (Å²) in [6, 6.07) is -0.0855. The number of hydrogen-bond donors (Lipinski definition) is 3. The van der Waals surface area contributed by atoms with Crippen molar-refractivity contribution in [3.63, 3.8) is 0 Å².